The van der Waals surface area contributed by atoms with E-state index in [2.05, 4.69) is 0 Å². The Kier molecular flexibility index (Phi) is 7.68. The Balaban J connectivity index is 2.23. The molecular weight excluding hydrogens is 530 g/mol. The second-order valence-corrected chi connectivity index (χ2v) is 13.1. The first-order valence-corrected chi connectivity index (χ1v) is 14.8. The number of rotatable bonds is 7. The Hall–Kier alpha value is -3.56. The third-order valence-corrected chi connectivity index (χ3v) is 8.27. The first-order valence-electron chi connectivity index (χ1n) is 13.0. The van der Waals surface area contributed by atoms with E-state index in [1.165, 1.54) is 11.4 Å². The zero-order chi connectivity index (χ0) is 29.7. The van der Waals surface area contributed by atoms with Gasteiger partial charge in [0.05, 0.1) is 38.3 Å². The number of nitrogens with zero attached hydrogens (tertiary/aromatic N) is 1. The van der Waals surface area contributed by atoms with Crippen LogP contribution < -0.4 is 13.8 Å². The van der Waals surface area contributed by atoms with Crippen LogP contribution in [0.5, 0.6) is 11.5 Å². The molecule has 0 saturated heterocycles. The van der Waals surface area contributed by atoms with Gasteiger partial charge in [-0.3, -0.25) is 4.31 Å². The molecule has 0 saturated carbocycles. The number of carboxylic acids is 1. The molecule has 1 aliphatic heterocycles. The first kappa shape index (κ1) is 29.4. The van der Waals surface area contributed by atoms with Gasteiger partial charge in [0, 0.05) is 11.1 Å². The molecule has 4 rings (SSSR count). The van der Waals surface area contributed by atoms with E-state index in [9.17, 15) is 18.3 Å². The highest BCUT2D eigenvalue weighted by Gasteiger charge is 2.39. The van der Waals surface area contributed by atoms with Crippen molar-refractivity contribution in [1.29, 1.82) is 0 Å². The van der Waals surface area contributed by atoms with Crippen molar-refractivity contribution in [3.8, 4) is 33.8 Å². The molecule has 0 fully saturated rings. The molecule has 0 aliphatic carbocycles. The van der Waals surface area contributed by atoms with Gasteiger partial charge in [-0.25, -0.2) is 13.2 Å². The number of carbonyl (C=O) groups is 1. The minimum atomic E-state index is -3.76. The van der Waals surface area contributed by atoms with Gasteiger partial charge in [-0.2, -0.15) is 0 Å². The molecule has 1 atom stereocenters. The van der Waals surface area contributed by atoms with Crippen LogP contribution in [0.15, 0.2) is 36.4 Å². The van der Waals surface area contributed by atoms with Crippen molar-refractivity contribution in [2.45, 2.75) is 59.8 Å². The van der Waals surface area contributed by atoms with Gasteiger partial charge in [-0.15, -0.1) is 0 Å². The third-order valence-electron chi connectivity index (χ3n) is 7.16. The summed E-state index contributed by atoms with van der Waals surface area (Å²) in [6, 6.07) is 11.5. The Morgan fingerprint density at radius 3 is 2.02 bits per heavy atom. The number of carboxylic acid groups (broad SMARTS) is 1. The number of sulfonamides is 1. The second kappa shape index (κ2) is 10.4. The van der Waals surface area contributed by atoms with Crippen molar-refractivity contribution in [3.05, 3.63) is 64.2 Å². The number of aliphatic carboxylic acids is 1. The molecule has 0 aromatic heterocycles. The number of anilines is 1. The molecule has 1 aliphatic rings. The number of aryl methyl sites for hydroxylation is 1. The van der Waals surface area contributed by atoms with Crippen molar-refractivity contribution in [2.24, 2.45) is 0 Å². The van der Waals surface area contributed by atoms with Crippen LogP contribution in [0.3, 0.4) is 0 Å². The maximum absolute atomic E-state index is 13.3. The van der Waals surface area contributed by atoms with Gasteiger partial charge in [-0.05, 0) is 87.1 Å². The van der Waals surface area contributed by atoms with Gasteiger partial charge in [0.25, 0.3) is 0 Å². The van der Waals surface area contributed by atoms with Gasteiger partial charge >= 0.3 is 5.97 Å². The van der Waals surface area contributed by atoms with Crippen LogP contribution in [-0.4, -0.2) is 45.6 Å². The van der Waals surface area contributed by atoms with Crippen LogP contribution in [-0.2, 0) is 26.1 Å². The number of benzene rings is 3. The fourth-order valence-corrected chi connectivity index (χ4v) is 6.39. The third kappa shape index (κ3) is 5.28. The summed E-state index contributed by atoms with van der Waals surface area (Å²) in [4.78, 5) is 12.8. The lowest BCUT2D eigenvalue weighted by Gasteiger charge is -2.37. The van der Waals surface area contributed by atoms with E-state index in [1.807, 2.05) is 44.2 Å². The molecule has 8 nitrogen and oxygen atoms in total. The molecule has 40 heavy (non-hydrogen) atoms. The summed E-state index contributed by atoms with van der Waals surface area (Å²) in [6.07, 6.45) is -0.181. The van der Waals surface area contributed by atoms with E-state index in [1.54, 1.807) is 40.9 Å². The van der Waals surface area contributed by atoms with Gasteiger partial charge < -0.3 is 19.3 Å². The highest BCUT2D eigenvalue weighted by Crippen LogP contribution is 2.53. The molecule has 214 valence electrons. The Morgan fingerprint density at radius 2 is 1.52 bits per heavy atom. The maximum atomic E-state index is 13.3. The van der Waals surface area contributed by atoms with Crippen LogP contribution in [0, 0.1) is 20.8 Å². The molecule has 0 radical (unpaired) electrons. The van der Waals surface area contributed by atoms with E-state index in [-0.39, 0.29) is 6.54 Å². The highest BCUT2D eigenvalue weighted by atomic mass is 32.2. The lowest BCUT2D eigenvalue weighted by Crippen LogP contribution is -2.34. The number of hydrogen-bond acceptors (Lipinski definition) is 6. The summed E-state index contributed by atoms with van der Waals surface area (Å²) in [7, 11) is -0.676. The Bertz CT molecular complexity index is 1590. The topological polar surface area (TPSA) is 102 Å². The molecule has 0 unspecified atom stereocenters. The average Bonchev–Trinajstić information content (AvgIpc) is 2.87. The molecule has 1 N–H and O–H groups in total. The van der Waals surface area contributed by atoms with Crippen LogP contribution >= 0.6 is 0 Å². The monoisotopic (exact) mass is 567 g/mol. The summed E-state index contributed by atoms with van der Waals surface area (Å²) in [6.45, 7) is 11.1. The molecule has 3 aromatic rings. The van der Waals surface area contributed by atoms with Crippen LogP contribution in [0.25, 0.3) is 22.3 Å². The van der Waals surface area contributed by atoms with Crippen LogP contribution in [0.2, 0.25) is 0 Å². The summed E-state index contributed by atoms with van der Waals surface area (Å²) < 4.78 is 45.1. The molecule has 0 amide bonds. The Morgan fingerprint density at radius 1 is 0.950 bits per heavy atom. The molecule has 9 heteroatoms. The summed E-state index contributed by atoms with van der Waals surface area (Å²) in [5.74, 6) is -0.149. The summed E-state index contributed by atoms with van der Waals surface area (Å²) in [5.41, 5.74) is 6.18. The van der Waals surface area contributed by atoms with Crippen molar-refractivity contribution < 1.29 is 32.5 Å². The summed E-state index contributed by atoms with van der Waals surface area (Å²) >= 11 is 0. The van der Waals surface area contributed by atoms with E-state index in [0.29, 0.717) is 39.4 Å². The van der Waals surface area contributed by atoms with Crippen molar-refractivity contribution in [2.75, 3.05) is 24.8 Å². The normalized spacial score (nSPS) is 13.9. The summed E-state index contributed by atoms with van der Waals surface area (Å²) in [5, 5.41) is 10.4. The fraction of sp³-hybridized carbons (Fsp3) is 0.387. The molecule has 0 spiro atoms. The molecule has 1 heterocycles. The van der Waals surface area contributed by atoms with Gasteiger partial charge in [0.15, 0.2) is 17.6 Å². The zero-order valence-corrected chi connectivity index (χ0v) is 25.3. The number of hydrogen-bond donors (Lipinski definition) is 1. The number of fused-ring (bicyclic) bond motifs is 3. The predicted octanol–water partition coefficient (Wildman–Crippen LogP) is 6.18. The van der Waals surface area contributed by atoms with Gasteiger partial charge in [0.2, 0.25) is 10.0 Å². The fourth-order valence-electron chi connectivity index (χ4n) is 5.46. The predicted molar refractivity (Wildman–Crippen MR) is 157 cm³/mol. The lowest BCUT2D eigenvalue weighted by molar-refractivity contribution is -0.160. The van der Waals surface area contributed by atoms with E-state index in [0.717, 1.165) is 34.1 Å². The first-order chi connectivity index (χ1) is 18.6. The van der Waals surface area contributed by atoms with E-state index >= 15 is 0 Å². The minimum absolute atomic E-state index is 0.0585. The van der Waals surface area contributed by atoms with Gasteiger partial charge in [-0.1, -0.05) is 29.8 Å². The lowest BCUT2D eigenvalue weighted by atomic mass is 9.80. The van der Waals surface area contributed by atoms with Crippen molar-refractivity contribution in [1.82, 2.24) is 0 Å². The highest BCUT2D eigenvalue weighted by molar-refractivity contribution is 7.92. The van der Waals surface area contributed by atoms with Gasteiger partial charge in [0.1, 0.15) is 0 Å². The minimum Gasteiger partial charge on any atom is -0.493 e. The van der Waals surface area contributed by atoms with Crippen LogP contribution in [0.4, 0.5) is 5.69 Å². The second-order valence-electron chi connectivity index (χ2n) is 11.2. The number of methoxy groups -OCH3 is 2. The maximum Gasteiger partial charge on any atom is 0.337 e. The molecular formula is C31H37NO7S. The van der Waals surface area contributed by atoms with Crippen molar-refractivity contribution >= 4 is 21.7 Å². The van der Waals surface area contributed by atoms with Crippen LogP contribution in [0.1, 0.15) is 54.7 Å². The smallest absolute Gasteiger partial charge is 0.337 e. The van der Waals surface area contributed by atoms with E-state index < -0.39 is 27.7 Å². The zero-order valence-electron chi connectivity index (χ0n) is 24.5. The SMILES string of the molecule is COc1cc2c(cc1OC)-c1c(C)c(-c3ccc(C)cc3)c([C@H](OC(C)(C)C)C(=O)O)c(C)c1N(S(C)(=O)=O)C2. The number of ether oxygens (including phenoxy) is 3. The van der Waals surface area contributed by atoms with Crippen molar-refractivity contribution in [3.63, 3.8) is 0 Å². The largest absolute Gasteiger partial charge is 0.493 e. The standard InChI is InChI=1S/C31H37NO7S/c1-17-10-12-20(13-11-17)25-18(2)26-22-15-24(38-8)23(37-7)14-21(22)16-32(40(9,35)36)28(26)19(3)27(25)29(30(33)34)39-31(4,5)6/h10-15,29H,16H2,1-9H3,(H,33,34)/t29-/m0/s1. The average molecular weight is 568 g/mol. The molecule has 3 aromatic carbocycles. The quantitative estimate of drug-likeness (QED) is 0.364. The molecule has 0 bridgehead atoms. The van der Waals surface area contributed by atoms with E-state index in [4.69, 9.17) is 14.2 Å². The Labute approximate surface area is 236 Å².